The number of piperidine rings is 1. The van der Waals surface area contributed by atoms with Gasteiger partial charge >= 0.3 is 0 Å². The van der Waals surface area contributed by atoms with Gasteiger partial charge in [0.1, 0.15) is 0 Å². The summed E-state index contributed by atoms with van der Waals surface area (Å²) in [6.45, 7) is 8.42. The minimum atomic E-state index is -3.79. The number of likely N-dealkylation sites (tertiary alicyclic amines) is 1. The minimum Gasteiger partial charge on any atom is -0.339 e. The second kappa shape index (κ2) is 9.42. The summed E-state index contributed by atoms with van der Waals surface area (Å²) >= 11 is 0. The number of rotatable bonds is 5. The monoisotopic (exact) mass is 457 g/mol. The largest absolute Gasteiger partial charge is 0.339 e. The van der Waals surface area contributed by atoms with E-state index in [2.05, 4.69) is 10.0 Å². The zero-order chi connectivity index (χ0) is 23.5. The van der Waals surface area contributed by atoms with Crippen LogP contribution in [-0.2, 0) is 10.0 Å². The third-order valence-corrected chi connectivity index (χ3v) is 7.01. The van der Waals surface area contributed by atoms with Crippen molar-refractivity contribution in [2.75, 3.05) is 18.4 Å². The number of anilines is 1. The van der Waals surface area contributed by atoms with Gasteiger partial charge in [0.15, 0.2) is 0 Å². The number of nitrogens with one attached hydrogen (secondary N) is 2. The number of aryl methyl sites for hydroxylation is 1. The van der Waals surface area contributed by atoms with Crippen LogP contribution in [0.2, 0.25) is 0 Å². The Morgan fingerprint density at radius 3 is 2.25 bits per heavy atom. The standard InChI is InChI=1S/C24H31N3O4S/c1-17-12-13-18(32(30,31)26-24(2,3)4)16-20(17)22(28)25-21-11-7-6-10-19(21)23(29)27-14-8-5-9-15-27/h6-7,10-13,16,26H,5,8-9,14-15H2,1-4H3,(H,25,28). The van der Waals surface area contributed by atoms with Crippen molar-refractivity contribution in [1.82, 2.24) is 9.62 Å². The molecule has 1 heterocycles. The molecule has 1 aliphatic heterocycles. The number of nitrogens with zero attached hydrogens (tertiary/aromatic N) is 1. The summed E-state index contributed by atoms with van der Waals surface area (Å²) in [7, 11) is -3.79. The molecule has 0 atom stereocenters. The minimum absolute atomic E-state index is 0.0147. The molecule has 1 fully saturated rings. The van der Waals surface area contributed by atoms with E-state index in [1.54, 1.807) is 58.0 Å². The lowest BCUT2D eigenvalue weighted by atomic mass is 10.1. The number of benzene rings is 2. The molecule has 0 aromatic heterocycles. The average Bonchev–Trinajstić information content (AvgIpc) is 2.72. The van der Waals surface area contributed by atoms with Gasteiger partial charge in [0.25, 0.3) is 11.8 Å². The molecule has 2 N–H and O–H groups in total. The summed E-state index contributed by atoms with van der Waals surface area (Å²) < 4.78 is 28.0. The van der Waals surface area contributed by atoms with Crippen LogP contribution in [-0.4, -0.2) is 43.8 Å². The Morgan fingerprint density at radius 1 is 0.938 bits per heavy atom. The normalized spacial score (nSPS) is 14.8. The van der Waals surface area contributed by atoms with Crippen molar-refractivity contribution in [1.29, 1.82) is 0 Å². The van der Waals surface area contributed by atoms with Crippen LogP contribution in [0.4, 0.5) is 5.69 Å². The Morgan fingerprint density at radius 2 is 1.59 bits per heavy atom. The quantitative estimate of drug-likeness (QED) is 0.711. The van der Waals surface area contributed by atoms with E-state index < -0.39 is 21.5 Å². The third kappa shape index (κ3) is 5.75. The van der Waals surface area contributed by atoms with Crippen LogP contribution >= 0.6 is 0 Å². The zero-order valence-corrected chi connectivity index (χ0v) is 19.9. The molecule has 0 saturated carbocycles. The van der Waals surface area contributed by atoms with Crippen LogP contribution in [0.3, 0.4) is 0 Å². The molecule has 1 saturated heterocycles. The first-order valence-electron chi connectivity index (χ1n) is 10.8. The highest BCUT2D eigenvalue weighted by molar-refractivity contribution is 7.89. The Balaban J connectivity index is 1.88. The van der Waals surface area contributed by atoms with E-state index >= 15 is 0 Å². The number of sulfonamides is 1. The number of hydrogen-bond acceptors (Lipinski definition) is 4. The topological polar surface area (TPSA) is 95.6 Å². The van der Waals surface area contributed by atoms with E-state index in [-0.39, 0.29) is 16.4 Å². The molecule has 2 aromatic rings. The van der Waals surface area contributed by atoms with Crippen molar-refractivity contribution < 1.29 is 18.0 Å². The highest BCUT2D eigenvalue weighted by Crippen LogP contribution is 2.23. The van der Waals surface area contributed by atoms with Crippen LogP contribution in [0.1, 0.15) is 66.3 Å². The molecule has 0 radical (unpaired) electrons. The predicted molar refractivity (Wildman–Crippen MR) is 125 cm³/mol. The van der Waals surface area contributed by atoms with E-state index in [0.29, 0.717) is 29.9 Å². The van der Waals surface area contributed by atoms with Gasteiger partial charge in [-0.3, -0.25) is 9.59 Å². The van der Waals surface area contributed by atoms with Crippen LogP contribution < -0.4 is 10.0 Å². The van der Waals surface area contributed by atoms with E-state index in [1.807, 2.05) is 4.90 Å². The lowest BCUT2D eigenvalue weighted by molar-refractivity contribution is 0.0725. The van der Waals surface area contributed by atoms with Gasteiger partial charge in [0, 0.05) is 24.2 Å². The highest BCUT2D eigenvalue weighted by atomic mass is 32.2. The van der Waals surface area contributed by atoms with Gasteiger partial charge < -0.3 is 10.2 Å². The Hall–Kier alpha value is -2.71. The summed E-state index contributed by atoms with van der Waals surface area (Å²) in [5.41, 5.74) is 1.06. The van der Waals surface area contributed by atoms with Crippen molar-refractivity contribution in [2.24, 2.45) is 0 Å². The molecule has 3 rings (SSSR count). The van der Waals surface area contributed by atoms with E-state index in [9.17, 15) is 18.0 Å². The Kier molecular flexibility index (Phi) is 7.05. The van der Waals surface area contributed by atoms with Gasteiger partial charge in [-0.2, -0.15) is 0 Å². The van der Waals surface area contributed by atoms with Crippen molar-refractivity contribution in [2.45, 2.75) is 57.4 Å². The van der Waals surface area contributed by atoms with Gasteiger partial charge in [-0.1, -0.05) is 18.2 Å². The second-order valence-electron chi connectivity index (χ2n) is 9.18. The number of para-hydroxylation sites is 1. The van der Waals surface area contributed by atoms with Gasteiger partial charge in [-0.25, -0.2) is 13.1 Å². The van der Waals surface area contributed by atoms with E-state index in [4.69, 9.17) is 0 Å². The summed E-state index contributed by atoms with van der Waals surface area (Å²) in [6.07, 6.45) is 3.07. The molecule has 0 aliphatic carbocycles. The number of amides is 2. The molecule has 32 heavy (non-hydrogen) atoms. The molecule has 2 amide bonds. The summed E-state index contributed by atoms with van der Waals surface area (Å²) in [5.74, 6) is -0.572. The van der Waals surface area contributed by atoms with Crippen molar-refractivity contribution in [3.8, 4) is 0 Å². The first-order valence-corrected chi connectivity index (χ1v) is 12.3. The van der Waals surface area contributed by atoms with Crippen LogP contribution in [0.25, 0.3) is 0 Å². The van der Waals surface area contributed by atoms with Crippen LogP contribution in [0.15, 0.2) is 47.4 Å². The Labute approximate surface area is 190 Å². The molecule has 172 valence electrons. The van der Waals surface area contributed by atoms with Crippen LogP contribution in [0, 0.1) is 6.92 Å². The lowest BCUT2D eigenvalue weighted by Gasteiger charge is -2.27. The van der Waals surface area contributed by atoms with E-state index in [1.165, 1.54) is 12.1 Å². The SMILES string of the molecule is Cc1ccc(S(=O)(=O)NC(C)(C)C)cc1C(=O)Nc1ccccc1C(=O)N1CCCCC1. The zero-order valence-electron chi connectivity index (χ0n) is 19.1. The van der Waals surface area contributed by atoms with Gasteiger partial charge in [0.05, 0.1) is 16.1 Å². The maximum atomic E-state index is 13.1. The first kappa shape index (κ1) is 23.9. The van der Waals surface area contributed by atoms with Crippen molar-refractivity contribution in [3.05, 3.63) is 59.2 Å². The van der Waals surface area contributed by atoms with Gasteiger partial charge in [-0.05, 0) is 76.8 Å². The van der Waals surface area contributed by atoms with Crippen LogP contribution in [0.5, 0.6) is 0 Å². The second-order valence-corrected chi connectivity index (χ2v) is 10.9. The Bertz CT molecular complexity index is 1110. The number of hydrogen-bond donors (Lipinski definition) is 2. The van der Waals surface area contributed by atoms with E-state index in [0.717, 1.165) is 19.3 Å². The van der Waals surface area contributed by atoms with Crippen molar-refractivity contribution in [3.63, 3.8) is 0 Å². The predicted octanol–water partition coefficient (Wildman–Crippen LogP) is 3.95. The van der Waals surface area contributed by atoms with Gasteiger partial charge in [0.2, 0.25) is 10.0 Å². The fourth-order valence-electron chi connectivity index (χ4n) is 3.71. The molecule has 8 heteroatoms. The lowest BCUT2D eigenvalue weighted by Crippen LogP contribution is -2.40. The van der Waals surface area contributed by atoms with Crippen molar-refractivity contribution >= 4 is 27.5 Å². The molecule has 7 nitrogen and oxygen atoms in total. The fraction of sp³-hybridized carbons (Fsp3) is 0.417. The molecule has 0 bridgehead atoms. The molecular weight excluding hydrogens is 426 g/mol. The first-order chi connectivity index (χ1) is 15.0. The van der Waals surface area contributed by atoms with Gasteiger partial charge in [-0.15, -0.1) is 0 Å². The molecular formula is C24H31N3O4S. The molecule has 2 aromatic carbocycles. The highest BCUT2D eigenvalue weighted by Gasteiger charge is 2.25. The summed E-state index contributed by atoms with van der Waals surface area (Å²) in [4.78, 5) is 27.9. The molecule has 0 unspecified atom stereocenters. The smallest absolute Gasteiger partial charge is 0.255 e. The summed E-state index contributed by atoms with van der Waals surface area (Å²) in [5, 5.41) is 2.81. The molecule has 0 spiro atoms. The maximum absolute atomic E-state index is 13.1. The third-order valence-electron chi connectivity index (χ3n) is 5.25. The number of carbonyl (C=O) groups is 2. The summed E-state index contributed by atoms with van der Waals surface area (Å²) in [6, 6.07) is 11.4. The molecule has 1 aliphatic rings. The number of carbonyl (C=O) groups excluding carboxylic acids is 2. The average molecular weight is 458 g/mol. The fourth-order valence-corrected chi connectivity index (χ4v) is 5.15. The maximum Gasteiger partial charge on any atom is 0.255 e.